The molecule has 0 radical (unpaired) electrons. The molecule has 0 atom stereocenters. The highest BCUT2D eigenvalue weighted by atomic mass is 32.2. The number of thiazole rings is 1. The van der Waals surface area contributed by atoms with Crippen LogP contribution in [0.5, 0.6) is 5.75 Å². The van der Waals surface area contributed by atoms with E-state index in [0.29, 0.717) is 5.01 Å². The molecule has 2 aromatic rings. The van der Waals surface area contributed by atoms with Crippen molar-refractivity contribution in [1.29, 1.82) is 0 Å². The number of thioether (sulfide) groups is 1. The zero-order chi connectivity index (χ0) is 14.2. The molecule has 2 N–H and O–H groups in total. The Labute approximate surface area is 126 Å². The second-order valence-corrected chi connectivity index (χ2v) is 6.49. The number of hydrogen-bond acceptors (Lipinski definition) is 5. The first kappa shape index (κ1) is 14.9. The number of para-hydroxylation sites is 1. The normalized spacial score (nSPS) is 10.4. The lowest BCUT2D eigenvalue weighted by molar-refractivity contribution is 0.1000. The summed E-state index contributed by atoms with van der Waals surface area (Å²) in [6.45, 7) is 0.722. The number of amides is 1. The van der Waals surface area contributed by atoms with Crippen LogP contribution in [0.15, 0.2) is 40.7 Å². The molecule has 20 heavy (non-hydrogen) atoms. The summed E-state index contributed by atoms with van der Waals surface area (Å²) in [6.07, 6.45) is 3.76. The largest absolute Gasteiger partial charge is 0.494 e. The van der Waals surface area contributed by atoms with Gasteiger partial charge in [0.1, 0.15) is 5.75 Å². The average molecular weight is 308 g/mol. The van der Waals surface area contributed by atoms with Gasteiger partial charge in [-0.2, -0.15) is 0 Å². The number of carbonyl (C=O) groups is 1. The van der Waals surface area contributed by atoms with Crippen molar-refractivity contribution in [2.75, 3.05) is 12.4 Å². The van der Waals surface area contributed by atoms with Crippen LogP contribution in [0.2, 0.25) is 0 Å². The quantitative estimate of drug-likeness (QED) is 0.601. The van der Waals surface area contributed by atoms with Crippen molar-refractivity contribution in [3.8, 4) is 5.75 Å². The molecule has 0 saturated carbocycles. The topological polar surface area (TPSA) is 65.2 Å². The standard InChI is InChI=1S/C14H16N2O2S2/c15-13(17)14-16-10-12(20-14)19-9-5-4-8-18-11-6-2-1-3-7-11/h1-3,6-7,10H,4-5,8-9H2,(H2,15,17). The minimum Gasteiger partial charge on any atom is -0.494 e. The first-order chi connectivity index (χ1) is 9.75. The lowest BCUT2D eigenvalue weighted by Gasteiger charge is -2.05. The molecular formula is C14H16N2O2S2. The van der Waals surface area contributed by atoms with E-state index in [9.17, 15) is 4.79 Å². The van der Waals surface area contributed by atoms with Crippen molar-refractivity contribution in [3.05, 3.63) is 41.5 Å². The van der Waals surface area contributed by atoms with Gasteiger partial charge in [-0.15, -0.1) is 23.1 Å². The molecule has 0 aliphatic carbocycles. The molecule has 0 aliphatic rings. The van der Waals surface area contributed by atoms with E-state index in [4.69, 9.17) is 10.5 Å². The van der Waals surface area contributed by atoms with Crippen molar-refractivity contribution in [2.24, 2.45) is 5.73 Å². The number of carbonyl (C=O) groups excluding carboxylic acids is 1. The van der Waals surface area contributed by atoms with E-state index >= 15 is 0 Å². The molecule has 4 nitrogen and oxygen atoms in total. The number of primary amides is 1. The number of benzene rings is 1. The van der Waals surface area contributed by atoms with E-state index in [-0.39, 0.29) is 0 Å². The molecular weight excluding hydrogens is 292 g/mol. The van der Waals surface area contributed by atoms with E-state index in [1.54, 1.807) is 18.0 Å². The minimum atomic E-state index is -0.460. The van der Waals surface area contributed by atoms with Crippen molar-refractivity contribution < 1.29 is 9.53 Å². The fraction of sp³-hybridized carbons (Fsp3) is 0.286. The summed E-state index contributed by atoms with van der Waals surface area (Å²) in [4.78, 5) is 14.9. The van der Waals surface area contributed by atoms with Crippen molar-refractivity contribution in [3.63, 3.8) is 0 Å². The highest BCUT2D eigenvalue weighted by Gasteiger charge is 2.06. The third kappa shape index (κ3) is 4.86. The van der Waals surface area contributed by atoms with Crippen LogP contribution in [0.4, 0.5) is 0 Å². The van der Waals surface area contributed by atoms with Crippen LogP contribution in [0.25, 0.3) is 0 Å². The molecule has 1 aromatic carbocycles. The van der Waals surface area contributed by atoms with E-state index < -0.39 is 5.91 Å². The zero-order valence-electron chi connectivity index (χ0n) is 11.0. The summed E-state index contributed by atoms with van der Waals surface area (Å²) < 4.78 is 6.64. The van der Waals surface area contributed by atoms with E-state index in [1.165, 1.54) is 11.3 Å². The van der Waals surface area contributed by atoms with Gasteiger partial charge in [-0.05, 0) is 30.7 Å². The lowest BCUT2D eigenvalue weighted by atomic mass is 10.3. The number of rotatable bonds is 8. The van der Waals surface area contributed by atoms with Gasteiger partial charge in [-0.25, -0.2) is 4.98 Å². The van der Waals surface area contributed by atoms with Gasteiger partial charge in [0.15, 0.2) is 5.01 Å². The van der Waals surface area contributed by atoms with Crippen molar-refractivity contribution in [2.45, 2.75) is 17.1 Å². The maximum Gasteiger partial charge on any atom is 0.277 e. The predicted molar refractivity (Wildman–Crippen MR) is 82.5 cm³/mol. The summed E-state index contributed by atoms with van der Waals surface area (Å²) in [5.74, 6) is 1.44. The van der Waals surface area contributed by atoms with Gasteiger partial charge < -0.3 is 10.5 Å². The van der Waals surface area contributed by atoms with Gasteiger partial charge in [0.25, 0.3) is 5.91 Å². The van der Waals surface area contributed by atoms with Crippen LogP contribution >= 0.6 is 23.1 Å². The second kappa shape index (κ2) is 7.91. The molecule has 6 heteroatoms. The first-order valence-electron chi connectivity index (χ1n) is 6.32. The molecule has 2 rings (SSSR count). The van der Waals surface area contributed by atoms with E-state index in [0.717, 1.165) is 35.2 Å². The Kier molecular flexibility index (Phi) is 5.88. The maximum atomic E-state index is 10.9. The van der Waals surface area contributed by atoms with Crippen LogP contribution in [0.3, 0.4) is 0 Å². The molecule has 0 aliphatic heterocycles. The molecule has 0 saturated heterocycles. The number of ether oxygens (including phenoxy) is 1. The van der Waals surface area contributed by atoms with Gasteiger partial charge in [0.05, 0.1) is 17.0 Å². The molecule has 1 amide bonds. The smallest absolute Gasteiger partial charge is 0.277 e. The Bertz CT molecular complexity index is 543. The van der Waals surface area contributed by atoms with Gasteiger partial charge in [0.2, 0.25) is 0 Å². The summed E-state index contributed by atoms with van der Waals surface area (Å²) in [5, 5.41) is 0.375. The molecule has 0 spiro atoms. The molecule has 0 bridgehead atoms. The fourth-order valence-corrected chi connectivity index (χ4v) is 3.42. The molecule has 0 fully saturated rings. The van der Waals surface area contributed by atoms with Crippen LogP contribution in [0.1, 0.15) is 22.6 Å². The Hall–Kier alpha value is -1.53. The van der Waals surface area contributed by atoms with Crippen molar-refractivity contribution in [1.82, 2.24) is 4.98 Å². The number of hydrogen-bond donors (Lipinski definition) is 1. The fourth-order valence-electron chi connectivity index (χ4n) is 1.52. The monoisotopic (exact) mass is 308 g/mol. The van der Waals surface area contributed by atoms with Gasteiger partial charge in [0, 0.05) is 0 Å². The van der Waals surface area contributed by atoms with Gasteiger partial charge >= 0.3 is 0 Å². The highest BCUT2D eigenvalue weighted by molar-refractivity contribution is 8.01. The number of nitrogens with zero attached hydrogens (tertiary/aromatic N) is 1. The third-order valence-electron chi connectivity index (χ3n) is 2.49. The third-order valence-corrected chi connectivity index (χ3v) is 4.78. The molecule has 1 heterocycles. The average Bonchev–Trinajstić information content (AvgIpc) is 2.93. The summed E-state index contributed by atoms with van der Waals surface area (Å²) in [5.41, 5.74) is 5.16. The first-order valence-corrected chi connectivity index (χ1v) is 8.12. The Balaban J connectivity index is 1.58. The Morgan fingerprint density at radius 1 is 1.30 bits per heavy atom. The van der Waals surface area contributed by atoms with E-state index in [2.05, 4.69) is 4.98 Å². The van der Waals surface area contributed by atoms with E-state index in [1.807, 2.05) is 30.3 Å². The number of unbranched alkanes of at least 4 members (excludes halogenated alkanes) is 1. The van der Waals surface area contributed by atoms with Crippen LogP contribution in [-0.2, 0) is 0 Å². The second-order valence-electron chi connectivity index (χ2n) is 4.07. The highest BCUT2D eigenvalue weighted by Crippen LogP contribution is 2.25. The molecule has 0 unspecified atom stereocenters. The Morgan fingerprint density at radius 3 is 2.80 bits per heavy atom. The van der Waals surface area contributed by atoms with Gasteiger partial charge in [-0.3, -0.25) is 4.79 Å². The summed E-state index contributed by atoms with van der Waals surface area (Å²) in [7, 11) is 0. The summed E-state index contributed by atoms with van der Waals surface area (Å²) >= 11 is 3.05. The van der Waals surface area contributed by atoms with Gasteiger partial charge in [-0.1, -0.05) is 18.2 Å². The Morgan fingerprint density at radius 2 is 2.10 bits per heavy atom. The van der Waals surface area contributed by atoms with Crippen molar-refractivity contribution >= 4 is 29.0 Å². The van der Waals surface area contributed by atoms with Crippen LogP contribution < -0.4 is 10.5 Å². The summed E-state index contributed by atoms with van der Waals surface area (Å²) in [6, 6.07) is 9.81. The lowest BCUT2D eigenvalue weighted by Crippen LogP contribution is -2.09. The van der Waals surface area contributed by atoms with Crippen LogP contribution in [0, 0.1) is 0 Å². The van der Waals surface area contributed by atoms with Crippen LogP contribution in [-0.4, -0.2) is 23.3 Å². The molecule has 1 aromatic heterocycles. The molecule has 106 valence electrons. The minimum absolute atomic E-state index is 0.375. The number of nitrogens with two attached hydrogens (primary N) is 1. The predicted octanol–water partition coefficient (Wildman–Crippen LogP) is 3.19. The zero-order valence-corrected chi connectivity index (χ0v) is 12.6. The maximum absolute atomic E-state index is 10.9. The number of aromatic nitrogens is 1. The SMILES string of the molecule is NC(=O)c1ncc(SCCCCOc2ccccc2)s1.